The van der Waals surface area contributed by atoms with Crippen LogP contribution in [0.25, 0.3) is 11.3 Å². The van der Waals surface area contributed by atoms with Gasteiger partial charge in [-0.2, -0.15) is 13.2 Å². The van der Waals surface area contributed by atoms with Crippen molar-refractivity contribution in [2.75, 3.05) is 11.9 Å². The third-order valence-electron chi connectivity index (χ3n) is 4.11. The van der Waals surface area contributed by atoms with Crippen LogP contribution in [-0.2, 0) is 6.18 Å². The number of rotatable bonds is 5. The summed E-state index contributed by atoms with van der Waals surface area (Å²) >= 11 is 5.75. The number of nitrogens with one attached hydrogen (secondary N) is 1. The number of alkyl halides is 3. The molecule has 152 valence electrons. The van der Waals surface area contributed by atoms with Gasteiger partial charge in [0, 0.05) is 24.2 Å². The minimum absolute atomic E-state index is 0.148. The SMILES string of the molecule is NC(CNc1cc(-c2ccc(C(F)(F)F)c(Cl)c2)ncn1)c1ccc(F)c(F)c1. The Kier molecular flexibility index (Phi) is 5.99. The van der Waals surface area contributed by atoms with Crippen LogP contribution < -0.4 is 11.1 Å². The second-order valence-electron chi connectivity index (χ2n) is 6.14. The number of anilines is 1. The molecule has 29 heavy (non-hydrogen) atoms. The lowest BCUT2D eigenvalue weighted by Gasteiger charge is -2.14. The van der Waals surface area contributed by atoms with Gasteiger partial charge in [0.25, 0.3) is 0 Å². The van der Waals surface area contributed by atoms with Crippen molar-refractivity contribution in [1.82, 2.24) is 9.97 Å². The molecule has 0 fully saturated rings. The normalized spacial score (nSPS) is 12.7. The smallest absolute Gasteiger partial charge is 0.368 e. The summed E-state index contributed by atoms with van der Waals surface area (Å²) in [4.78, 5) is 8.05. The lowest BCUT2D eigenvalue weighted by Crippen LogP contribution is -2.21. The fraction of sp³-hybridized carbons (Fsp3) is 0.158. The minimum atomic E-state index is -4.55. The van der Waals surface area contributed by atoms with Gasteiger partial charge in [-0.1, -0.05) is 23.7 Å². The Bertz CT molecular complexity index is 1030. The van der Waals surface area contributed by atoms with E-state index in [9.17, 15) is 22.0 Å². The van der Waals surface area contributed by atoms with Gasteiger partial charge in [-0.25, -0.2) is 18.7 Å². The predicted octanol–water partition coefficient (Wildman–Crippen LogP) is 5.21. The number of benzene rings is 2. The van der Waals surface area contributed by atoms with Crippen molar-refractivity contribution in [1.29, 1.82) is 0 Å². The van der Waals surface area contributed by atoms with E-state index in [-0.39, 0.29) is 6.54 Å². The number of aromatic nitrogens is 2. The Hall–Kier alpha value is -2.78. The maximum Gasteiger partial charge on any atom is 0.417 e. The first-order chi connectivity index (χ1) is 13.6. The first-order valence-corrected chi connectivity index (χ1v) is 8.66. The number of hydrogen-bond acceptors (Lipinski definition) is 4. The van der Waals surface area contributed by atoms with Crippen LogP contribution in [0, 0.1) is 11.6 Å². The van der Waals surface area contributed by atoms with Crippen LogP contribution >= 0.6 is 11.6 Å². The molecule has 2 aromatic carbocycles. The summed E-state index contributed by atoms with van der Waals surface area (Å²) in [6.07, 6.45) is -3.32. The lowest BCUT2D eigenvalue weighted by atomic mass is 10.1. The van der Waals surface area contributed by atoms with E-state index in [0.717, 1.165) is 18.2 Å². The molecule has 0 amide bonds. The predicted molar refractivity (Wildman–Crippen MR) is 99.3 cm³/mol. The summed E-state index contributed by atoms with van der Waals surface area (Å²) in [5.41, 5.74) is 6.14. The van der Waals surface area contributed by atoms with E-state index in [1.54, 1.807) is 0 Å². The van der Waals surface area contributed by atoms with Gasteiger partial charge in [0.05, 0.1) is 16.3 Å². The zero-order valence-corrected chi connectivity index (χ0v) is 15.4. The van der Waals surface area contributed by atoms with E-state index in [1.807, 2.05) is 0 Å². The van der Waals surface area contributed by atoms with Gasteiger partial charge >= 0.3 is 6.18 Å². The third kappa shape index (κ3) is 4.99. The largest absolute Gasteiger partial charge is 0.417 e. The Morgan fingerprint density at radius 2 is 1.76 bits per heavy atom. The number of halogens is 6. The third-order valence-corrected chi connectivity index (χ3v) is 4.42. The Morgan fingerprint density at radius 3 is 2.41 bits per heavy atom. The van der Waals surface area contributed by atoms with Crippen molar-refractivity contribution in [3.05, 3.63) is 76.6 Å². The molecule has 0 saturated carbocycles. The van der Waals surface area contributed by atoms with Crippen molar-refractivity contribution >= 4 is 17.4 Å². The topological polar surface area (TPSA) is 63.8 Å². The molecule has 0 bridgehead atoms. The average Bonchev–Trinajstić information content (AvgIpc) is 2.67. The maximum atomic E-state index is 13.3. The summed E-state index contributed by atoms with van der Waals surface area (Å²) in [6.45, 7) is 0.148. The number of nitrogens with two attached hydrogens (primary N) is 1. The summed E-state index contributed by atoms with van der Waals surface area (Å²) < 4.78 is 64.8. The quantitative estimate of drug-likeness (QED) is 0.548. The molecule has 1 atom stereocenters. The first-order valence-electron chi connectivity index (χ1n) is 8.28. The molecule has 0 saturated heterocycles. The van der Waals surface area contributed by atoms with Crippen LogP contribution in [0.3, 0.4) is 0 Å². The van der Waals surface area contributed by atoms with Gasteiger partial charge in [0.2, 0.25) is 0 Å². The van der Waals surface area contributed by atoms with E-state index in [4.69, 9.17) is 17.3 Å². The molecular weight excluding hydrogens is 415 g/mol. The molecular formula is C19H14ClF5N4. The van der Waals surface area contributed by atoms with Crippen molar-refractivity contribution in [2.24, 2.45) is 5.73 Å². The highest BCUT2D eigenvalue weighted by atomic mass is 35.5. The molecule has 3 aromatic rings. The van der Waals surface area contributed by atoms with Crippen LogP contribution in [0.2, 0.25) is 5.02 Å². The highest BCUT2D eigenvalue weighted by Crippen LogP contribution is 2.36. The highest BCUT2D eigenvalue weighted by molar-refractivity contribution is 6.31. The lowest BCUT2D eigenvalue weighted by molar-refractivity contribution is -0.137. The second-order valence-corrected chi connectivity index (χ2v) is 6.55. The summed E-state index contributed by atoms with van der Waals surface area (Å²) in [7, 11) is 0. The molecule has 0 radical (unpaired) electrons. The first kappa shape index (κ1) is 20.9. The number of hydrogen-bond donors (Lipinski definition) is 2. The maximum absolute atomic E-state index is 13.3. The van der Waals surface area contributed by atoms with Gasteiger partial charge in [0.1, 0.15) is 12.1 Å². The van der Waals surface area contributed by atoms with E-state index in [2.05, 4.69) is 15.3 Å². The summed E-state index contributed by atoms with van der Waals surface area (Å²) in [5, 5.41) is 2.49. The zero-order chi connectivity index (χ0) is 21.2. The highest BCUT2D eigenvalue weighted by Gasteiger charge is 2.33. The molecule has 1 heterocycles. The monoisotopic (exact) mass is 428 g/mol. The van der Waals surface area contributed by atoms with Crippen LogP contribution in [-0.4, -0.2) is 16.5 Å². The molecule has 1 aromatic heterocycles. The van der Waals surface area contributed by atoms with Crippen molar-refractivity contribution in [3.63, 3.8) is 0 Å². The van der Waals surface area contributed by atoms with Gasteiger partial charge in [-0.3, -0.25) is 0 Å². The van der Waals surface area contributed by atoms with Crippen molar-refractivity contribution < 1.29 is 22.0 Å². The Morgan fingerprint density at radius 1 is 1.00 bits per heavy atom. The van der Waals surface area contributed by atoms with E-state index < -0.39 is 34.4 Å². The summed E-state index contributed by atoms with van der Waals surface area (Å²) in [6, 6.07) is 7.54. The Labute approximate surface area is 167 Å². The van der Waals surface area contributed by atoms with E-state index >= 15 is 0 Å². The molecule has 3 N–H and O–H groups in total. The molecule has 0 spiro atoms. The molecule has 10 heteroatoms. The van der Waals surface area contributed by atoms with Crippen LogP contribution in [0.1, 0.15) is 17.2 Å². The van der Waals surface area contributed by atoms with Crippen LogP contribution in [0.4, 0.5) is 27.8 Å². The molecule has 0 aliphatic rings. The standard InChI is InChI=1S/C19H14ClF5N4/c20-13-5-11(1-3-12(13)19(23,24)25)17-7-18(29-9-28-17)27-8-16(26)10-2-4-14(21)15(22)6-10/h1-7,9,16H,8,26H2,(H,27,28,29). The molecule has 0 aliphatic heterocycles. The van der Waals surface area contributed by atoms with Crippen molar-refractivity contribution in [3.8, 4) is 11.3 Å². The van der Waals surface area contributed by atoms with E-state index in [1.165, 1.54) is 30.6 Å². The molecule has 4 nitrogen and oxygen atoms in total. The van der Waals surface area contributed by atoms with Gasteiger partial charge in [-0.15, -0.1) is 0 Å². The summed E-state index contributed by atoms with van der Waals surface area (Å²) in [5.74, 6) is -1.62. The van der Waals surface area contributed by atoms with E-state index in [0.29, 0.717) is 22.6 Å². The molecule has 0 aliphatic carbocycles. The second kappa shape index (κ2) is 8.30. The van der Waals surface area contributed by atoms with Gasteiger partial charge in [-0.05, 0) is 29.8 Å². The van der Waals surface area contributed by atoms with Crippen LogP contribution in [0.5, 0.6) is 0 Å². The number of nitrogens with zero attached hydrogens (tertiary/aromatic N) is 2. The van der Waals surface area contributed by atoms with Gasteiger partial charge < -0.3 is 11.1 Å². The average molecular weight is 429 g/mol. The fourth-order valence-corrected chi connectivity index (χ4v) is 2.88. The fourth-order valence-electron chi connectivity index (χ4n) is 2.59. The van der Waals surface area contributed by atoms with Gasteiger partial charge in [0.15, 0.2) is 11.6 Å². The molecule has 3 rings (SSSR count). The van der Waals surface area contributed by atoms with Crippen molar-refractivity contribution in [2.45, 2.75) is 12.2 Å². The molecule has 1 unspecified atom stereocenters. The van der Waals surface area contributed by atoms with Crippen LogP contribution in [0.15, 0.2) is 48.8 Å². The minimum Gasteiger partial charge on any atom is -0.368 e. The zero-order valence-electron chi connectivity index (χ0n) is 14.6. The Balaban J connectivity index is 1.74.